The molecule has 1 saturated heterocycles. The minimum absolute atomic E-state index is 0.118. The summed E-state index contributed by atoms with van der Waals surface area (Å²) in [6.07, 6.45) is 3.41. The van der Waals surface area contributed by atoms with Crippen molar-refractivity contribution in [1.29, 1.82) is 0 Å². The zero-order valence-electron chi connectivity index (χ0n) is 19.1. The summed E-state index contributed by atoms with van der Waals surface area (Å²) in [7, 11) is 1.89. The average Bonchev–Trinajstić information content (AvgIpc) is 3.54. The van der Waals surface area contributed by atoms with Gasteiger partial charge in [-0.3, -0.25) is 14.6 Å². The molecule has 5 rings (SSSR count). The van der Waals surface area contributed by atoms with Gasteiger partial charge in [0.15, 0.2) is 17.3 Å². The monoisotopic (exact) mass is 449 g/mol. The number of aromatic nitrogens is 7. The van der Waals surface area contributed by atoms with Gasteiger partial charge in [0.25, 0.3) is 0 Å². The molecule has 2 N–H and O–H groups in total. The number of amides is 1. The number of nitrogens with zero attached hydrogens (tertiary/aromatic N) is 7. The van der Waals surface area contributed by atoms with Crippen LogP contribution in [-0.4, -0.2) is 66.4 Å². The van der Waals surface area contributed by atoms with Crippen LogP contribution in [0.5, 0.6) is 0 Å². The zero-order chi connectivity index (χ0) is 23.1. The maximum atomic E-state index is 12.6. The number of rotatable bonds is 5. The number of ether oxygens (including phenoxy) is 1. The number of nitrogens with one attached hydrogen (secondary N) is 2. The molecule has 11 nitrogen and oxygen atoms in total. The number of anilines is 2. The first-order valence-corrected chi connectivity index (χ1v) is 11.0. The molecule has 1 fully saturated rings. The molecular weight excluding hydrogens is 422 g/mol. The van der Waals surface area contributed by atoms with Gasteiger partial charge in [0.05, 0.1) is 36.5 Å². The number of morpholine rings is 1. The molecule has 5 heterocycles. The fourth-order valence-corrected chi connectivity index (χ4v) is 4.04. The molecule has 0 bridgehead atoms. The van der Waals surface area contributed by atoms with Crippen molar-refractivity contribution >= 4 is 28.6 Å². The number of aromatic amines is 1. The summed E-state index contributed by atoms with van der Waals surface area (Å²) in [6, 6.07) is 5.98. The third-order valence-electron chi connectivity index (χ3n) is 5.86. The Morgan fingerprint density at radius 2 is 2.15 bits per heavy atom. The second kappa shape index (κ2) is 8.32. The SMILES string of the molecule is CC(C)C(=O)Nc1nn(-c2ccn[nH]2)c2nc(N3CCOCC3C)cc(-c3ccnn3C)c12. The van der Waals surface area contributed by atoms with Gasteiger partial charge in [-0.05, 0) is 19.1 Å². The number of hydrogen-bond donors (Lipinski definition) is 2. The Kier molecular flexibility index (Phi) is 5.33. The Bertz CT molecular complexity index is 1290. The van der Waals surface area contributed by atoms with Gasteiger partial charge in [-0.2, -0.15) is 14.9 Å². The summed E-state index contributed by atoms with van der Waals surface area (Å²) in [6.45, 7) is 7.83. The van der Waals surface area contributed by atoms with Gasteiger partial charge in [-0.15, -0.1) is 5.10 Å². The Balaban J connectivity index is 1.80. The fourth-order valence-electron chi connectivity index (χ4n) is 4.04. The van der Waals surface area contributed by atoms with E-state index in [1.54, 1.807) is 17.1 Å². The average molecular weight is 450 g/mol. The molecule has 0 saturated carbocycles. The van der Waals surface area contributed by atoms with Gasteiger partial charge in [0.1, 0.15) is 5.82 Å². The molecular formula is C22H27N9O2. The van der Waals surface area contributed by atoms with Crippen molar-refractivity contribution in [3.05, 3.63) is 30.6 Å². The number of hydrogen-bond acceptors (Lipinski definition) is 7. The summed E-state index contributed by atoms with van der Waals surface area (Å²) in [5, 5.41) is 19.9. The molecule has 1 aliphatic rings. The maximum absolute atomic E-state index is 12.6. The van der Waals surface area contributed by atoms with Crippen molar-refractivity contribution in [2.24, 2.45) is 13.0 Å². The fraction of sp³-hybridized carbons (Fsp3) is 0.409. The predicted octanol–water partition coefficient (Wildman–Crippen LogP) is 2.36. The first-order valence-electron chi connectivity index (χ1n) is 11.0. The summed E-state index contributed by atoms with van der Waals surface area (Å²) in [5.41, 5.74) is 2.40. The lowest BCUT2D eigenvalue weighted by molar-refractivity contribution is -0.118. The Labute approximate surface area is 190 Å². The molecule has 1 aliphatic heterocycles. The van der Waals surface area contributed by atoms with E-state index in [4.69, 9.17) is 14.8 Å². The van der Waals surface area contributed by atoms with Gasteiger partial charge in [0, 0.05) is 37.3 Å². The maximum Gasteiger partial charge on any atom is 0.228 e. The van der Waals surface area contributed by atoms with Crippen LogP contribution < -0.4 is 10.2 Å². The smallest absolute Gasteiger partial charge is 0.228 e. The minimum atomic E-state index is -0.195. The van der Waals surface area contributed by atoms with Crippen molar-refractivity contribution in [3.8, 4) is 17.1 Å². The van der Waals surface area contributed by atoms with Crippen molar-refractivity contribution < 1.29 is 9.53 Å². The molecule has 0 aliphatic carbocycles. The summed E-state index contributed by atoms with van der Waals surface area (Å²) in [4.78, 5) is 19.9. The standard InChI is InChI=1S/C22H27N9O2/c1-13(2)22(32)26-20-19-15(16-5-8-24-29(16)4)11-18(30-9-10-33-12-14(30)3)25-21(19)31(28-20)17-6-7-23-27-17/h5-8,11,13-14H,9-10,12H2,1-4H3,(H,23,27)(H,26,28,32). The second-order valence-electron chi connectivity index (χ2n) is 8.53. The number of fused-ring (bicyclic) bond motifs is 1. The lowest BCUT2D eigenvalue weighted by Crippen LogP contribution is -2.44. The van der Waals surface area contributed by atoms with Crippen LogP contribution >= 0.6 is 0 Å². The van der Waals surface area contributed by atoms with E-state index in [0.29, 0.717) is 30.5 Å². The highest BCUT2D eigenvalue weighted by molar-refractivity contribution is 6.07. The summed E-state index contributed by atoms with van der Waals surface area (Å²) < 4.78 is 9.13. The Hall–Kier alpha value is -3.73. The molecule has 0 aromatic carbocycles. The number of carbonyl (C=O) groups excluding carboxylic acids is 1. The third-order valence-corrected chi connectivity index (χ3v) is 5.86. The third kappa shape index (κ3) is 3.74. The van der Waals surface area contributed by atoms with E-state index < -0.39 is 0 Å². The quantitative estimate of drug-likeness (QED) is 0.480. The van der Waals surface area contributed by atoms with Crippen molar-refractivity contribution in [3.63, 3.8) is 0 Å². The van der Waals surface area contributed by atoms with Gasteiger partial charge in [0.2, 0.25) is 5.91 Å². The van der Waals surface area contributed by atoms with Crippen LogP contribution in [0.1, 0.15) is 20.8 Å². The Morgan fingerprint density at radius 3 is 2.82 bits per heavy atom. The van der Waals surface area contributed by atoms with Crippen LogP contribution in [0.25, 0.3) is 28.1 Å². The van der Waals surface area contributed by atoms with E-state index in [-0.39, 0.29) is 17.9 Å². The van der Waals surface area contributed by atoms with Gasteiger partial charge in [-0.1, -0.05) is 13.8 Å². The predicted molar refractivity (Wildman–Crippen MR) is 124 cm³/mol. The van der Waals surface area contributed by atoms with Gasteiger partial charge in [-0.25, -0.2) is 4.98 Å². The number of H-pyrrole nitrogens is 1. The molecule has 11 heteroatoms. The highest BCUT2D eigenvalue weighted by atomic mass is 16.5. The number of carbonyl (C=O) groups is 1. The highest BCUT2D eigenvalue weighted by Crippen LogP contribution is 2.37. The van der Waals surface area contributed by atoms with E-state index >= 15 is 0 Å². The van der Waals surface area contributed by atoms with Crippen LogP contribution in [0.15, 0.2) is 30.6 Å². The van der Waals surface area contributed by atoms with Crippen LogP contribution in [-0.2, 0) is 16.6 Å². The first kappa shape index (κ1) is 21.1. The molecule has 0 radical (unpaired) electrons. The van der Waals surface area contributed by atoms with Crippen LogP contribution in [0.3, 0.4) is 0 Å². The first-order chi connectivity index (χ1) is 15.9. The summed E-state index contributed by atoms with van der Waals surface area (Å²) >= 11 is 0. The normalized spacial score (nSPS) is 16.6. The van der Waals surface area contributed by atoms with Gasteiger partial charge < -0.3 is 15.0 Å². The lowest BCUT2D eigenvalue weighted by Gasteiger charge is -2.34. The Morgan fingerprint density at radius 1 is 1.30 bits per heavy atom. The molecule has 1 unspecified atom stereocenters. The minimum Gasteiger partial charge on any atom is -0.377 e. The lowest BCUT2D eigenvalue weighted by atomic mass is 10.1. The van der Waals surface area contributed by atoms with Crippen molar-refractivity contribution in [1.82, 2.24) is 34.7 Å². The molecule has 0 spiro atoms. The summed E-state index contributed by atoms with van der Waals surface area (Å²) in [5.74, 6) is 1.60. The molecule has 4 aromatic rings. The molecule has 172 valence electrons. The zero-order valence-corrected chi connectivity index (χ0v) is 19.1. The molecule has 1 amide bonds. The van der Waals surface area contributed by atoms with Crippen molar-refractivity contribution in [2.75, 3.05) is 30.0 Å². The molecule has 1 atom stereocenters. The van der Waals surface area contributed by atoms with E-state index in [1.807, 2.05) is 43.8 Å². The van der Waals surface area contributed by atoms with Crippen LogP contribution in [0.4, 0.5) is 11.6 Å². The van der Waals surface area contributed by atoms with E-state index in [9.17, 15) is 4.79 Å². The topological polar surface area (TPSA) is 119 Å². The van der Waals surface area contributed by atoms with E-state index in [1.165, 1.54) is 0 Å². The second-order valence-corrected chi connectivity index (χ2v) is 8.53. The number of pyridine rings is 1. The van der Waals surface area contributed by atoms with Crippen LogP contribution in [0.2, 0.25) is 0 Å². The largest absolute Gasteiger partial charge is 0.377 e. The number of aryl methyl sites for hydroxylation is 1. The van der Waals surface area contributed by atoms with E-state index in [2.05, 4.69) is 32.4 Å². The molecule has 4 aromatic heterocycles. The van der Waals surface area contributed by atoms with Gasteiger partial charge >= 0.3 is 0 Å². The highest BCUT2D eigenvalue weighted by Gasteiger charge is 2.27. The molecule has 33 heavy (non-hydrogen) atoms. The van der Waals surface area contributed by atoms with E-state index in [0.717, 1.165) is 29.0 Å². The van der Waals surface area contributed by atoms with Crippen molar-refractivity contribution in [2.45, 2.75) is 26.8 Å². The van der Waals surface area contributed by atoms with Crippen LogP contribution in [0, 0.1) is 5.92 Å².